The third kappa shape index (κ3) is 4.91. The van der Waals surface area contributed by atoms with Gasteiger partial charge in [0.2, 0.25) is 10.0 Å². The number of aryl methyl sites for hydroxylation is 1. The molecular formula is C23H22FN3O4S2. The van der Waals surface area contributed by atoms with Gasteiger partial charge in [0.25, 0.3) is 10.0 Å². The number of rotatable bonds is 6. The van der Waals surface area contributed by atoms with Gasteiger partial charge in [-0.2, -0.15) is 17.9 Å². The van der Waals surface area contributed by atoms with Crippen LogP contribution in [-0.2, 0) is 20.0 Å². The molecule has 172 valence electrons. The quantitative estimate of drug-likeness (QED) is 0.568. The molecule has 0 saturated heterocycles. The highest BCUT2D eigenvalue weighted by Gasteiger charge is 2.38. The van der Waals surface area contributed by atoms with Gasteiger partial charge < -0.3 is 0 Å². The lowest BCUT2D eigenvalue weighted by molar-refractivity contribution is 0.370. The molecule has 4 rings (SSSR count). The normalized spacial score (nSPS) is 16.5. The molecule has 33 heavy (non-hydrogen) atoms. The SMILES string of the molecule is Cc1ccccc1[C@H]1CC(c2ccc(NS(C)(=O)=O)cc2)=NN1S(=O)(=O)c1cccc(F)c1. The van der Waals surface area contributed by atoms with Gasteiger partial charge >= 0.3 is 0 Å². The van der Waals surface area contributed by atoms with E-state index in [0.29, 0.717) is 23.4 Å². The second kappa shape index (κ2) is 8.60. The van der Waals surface area contributed by atoms with Crippen LogP contribution in [0.5, 0.6) is 0 Å². The van der Waals surface area contributed by atoms with E-state index < -0.39 is 31.9 Å². The third-order valence-electron chi connectivity index (χ3n) is 5.28. The van der Waals surface area contributed by atoms with Gasteiger partial charge in [0.1, 0.15) is 5.82 Å². The van der Waals surface area contributed by atoms with Crippen LogP contribution in [0.2, 0.25) is 0 Å². The second-order valence-electron chi connectivity index (χ2n) is 7.81. The monoisotopic (exact) mass is 487 g/mol. The zero-order valence-corrected chi connectivity index (χ0v) is 19.6. The maximum absolute atomic E-state index is 13.8. The number of nitrogens with zero attached hydrogens (tertiary/aromatic N) is 2. The predicted octanol–water partition coefficient (Wildman–Crippen LogP) is 4.05. The molecule has 0 fully saturated rings. The van der Waals surface area contributed by atoms with Crippen molar-refractivity contribution in [3.63, 3.8) is 0 Å². The number of nitrogens with one attached hydrogen (secondary N) is 1. The summed E-state index contributed by atoms with van der Waals surface area (Å²) in [5.74, 6) is -0.652. The Hall–Kier alpha value is -3.24. The number of benzene rings is 3. The van der Waals surface area contributed by atoms with Gasteiger partial charge in [0, 0.05) is 12.1 Å². The number of halogens is 1. The summed E-state index contributed by atoms with van der Waals surface area (Å²) in [6, 6.07) is 18.2. The largest absolute Gasteiger partial charge is 0.284 e. The molecular weight excluding hydrogens is 465 g/mol. The van der Waals surface area contributed by atoms with Crippen LogP contribution in [0.1, 0.15) is 29.2 Å². The van der Waals surface area contributed by atoms with Crippen molar-refractivity contribution in [1.82, 2.24) is 4.41 Å². The van der Waals surface area contributed by atoms with Gasteiger partial charge in [-0.15, -0.1) is 0 Å². The van der Waals surface area contributed by atoms with Crippen LogP contribution < -0.4 is 4.72 Å². The second-order valence-corrected chi connectivity index (χ2v) is 11.4. The van der Waals surface area contributed by atoms with Crippen molar-refractivity contribution in [3.05, 3.63) is 95.3 Å². The van der Waals surface area contributed by atoms with Crippen LogP contribution in [-0.4, -0.2) is 33.2 Å². The molecule has 0 spiro atoms. The molecule has 1 atom stereocenters. The van der Waals surface area contributed by atoms with Gasteiger partial charge in [-0.1, -0.05) is 42.5 Å². The minimum atomic E-state index is -4.13. The average molecular weight is 488 g/mol. The molecule has 0 amide bonds. The molecule has 0 aliphatic carbocycles. The van der Waals surface area contributed by atoms with Gasteiger partial charge in [-0.05, 0) is 53.9 Å². The number of sulfonamides is 2. The highest BCUT2D eigenvalue weighted by atomic mass is 32.2. The number of hydrazone groups is 1. The molecule has 3 aromatic rings. The van der Waals surface area contributed by atoms with E-state index in [1.807, 2.05) is 31.2 Å². The topological polar surface area (TPSA) is 95.9 Å². The van der Waals surface area contributed by atoms with Gasteiger partial charge in [0.05, 0.1) is 22.9 Å². The molecule has 0 radical (unpaired) electrons. The first kappa shape index (κ1) is 22.9. The zero-order chi connectivity index (χ0) is 23.8. The summed E-state index contributed by atoms with van der Waals surface area (Å²) in [5, 5.41) is 4.44. The average Bonchev–Trinajstić information content (AvgIpc) is 3.19. The summed E-state index contributed by atoms with van der Waals surface area (Å²) in [6.45, 7) is 1.89. The Morgan fingerprint density at radius 2 is 1.67 bits per heavy atom. The molecule has 0 aromatic heterocycles. The van der Waals surface area contributed by atoms with Crippen LogP contribution in [0.25, 0.3) is 0 Å². The van der Waals surface area contributed by atoms with Gasteiger partial charge in [0.15, 0.2) is 0 Å². The van der Waals surface area contributed by atoms with E-state index in [2.05, 4.69) is 9.82 Å². The van der Waals surface area contributed by atoms with Crippen LogP contribution >= 0.6 is 0 Å². The van der Waals surface area contributed by atoms with E-state index in [1.165, 1.54) is 18.2 Å². The van der Waals surface area contributed by atoms with Crippen molar-refractivity contribution in [2.75, 3.05) is 11.0 Å². The molecule has 1 aliphatic heterocycles. The maximum atomic E-state index is 13.8. The van der Waals surface area contributed by atoms with Crippen molar-refractivity contribution in [2.45, 2.75) is 24.3 Å². The van der Waals surface area contributed by atoms with Crippen molar-refractivity contribution >= 4 is 31.4 Å². The summed E-state index contributed by atoms with van der Waals surface area (Å²) >= 11 is 0. The Bertz CT molecular complexity index is 1440. The summed E-state index contributed by atoms with van der Waals surface area (Å²) in [5.41, 5.74) is 3.27. The van der Waals surface area contributed by atoms with Crippen molar-refractivity contribution in [1.29, 1.82) is 0 Å². The number of hydrogen-bond donors (Lipinski definition) is 1. The smallest absolute Gasteiger partial charge is 0.279 e. The Kier molecular flexibility index (Phi) is 5.98. The van der Waals surface area contributed by atoms with Crippen molar-refractivity contribution in [2.24, 2.45) is 5.10 Å². The summed E-state index contributed by atoms with van der Waals surface area (Å²) in [7, 11) is -7.55. The number of anilines is 1. The summed E-state index contributed by atoms with van der Waals surface area (Å²) in [6.07, 6.45) is 1.36. The Balaban J connectivity index is 1.76. The van der Waals surface area contributed by atoms with E-state index in [-0.39, 0.29) is 4.90 Å². The standard InChI is InChI=1S/C23H22FN3O4S2/c1-16-6-3-4-9-21(16)23-15-22(17-10-12-19(13-11-17)26-32(2,28)29)25-27(23)33(30,31)20-8-5-7-18(24)14-20/h3-14,23,26H,15H2,1-2H3/t23-/m1/s1. The fourth-order valence-corrected chi connectivity index (χ4v) is 5.78. The fourth-order valence-electron chi connectivity index (χ4n) is 3.76. The lowest BCUT2D eigenvalue weighted by Crippen LogP contribution is -2.27. The van der Waals surface area contributed by atoms with E-state index in [4.69, 9.17) is 0 Å². The van der Waals surface area contributed by atoms with Crippen molar-refractivity contribution < 1.29 is 21.2 Å². The van der Waals surface area contributed by atoms with Crippen LogP contribution in [0.4, 0.5) is 10.1 Å². The van der Waals surface area contributed by atoms with Gasteiger partial charge in [-0.25, -0.2) is 12.8 Å². The third-order valence-corrected chi connectivity index (χ3v) is 7.57. The van der Waals surface area contributed by atoms with Crippen LogP contribution in [0, 0.1) is 12.7 Å². The Morgan fingerprint density at radius 3 is 2.30 bits per heavy atom. The first-order valence-corrected chi connectivity index (χ1v) is 13.4. The molecule has 3 aromatic carbocycles. The molecule has 7 nitrogen and oxygen atoms in total. The molecule has 0 saturated carbocycles. The van der Waals surface area contributed by atoms with Crippen molar-refractivity contribution in [3.8, 4) is 0 Å². The number of hydrogen-bond acceptors (Lipinski definition) is 5. The summed E-state index contributed by atoms with van der Waals surface area (Å²) in [4.78, 5) is -0.182. The highest BCUT2D eigenvalue weighted by molar-refractivity contribution is 7.92. The zero-order valence-electron chi connectivity index (χ0n) is 17.9. The molecule has 1 heterocycles. The van der Waals surface area contributed by atoms with E-state index in [1.54, 1.807) is 24.3 Å². The maximum Gasteiger partial charge on any atom is 0.279 e. The van der Waals surface area contributed by atoms with Gasteiger partial charge in [-0.3, -0.25) is 4.72 Å². The minimum absolute atomic E-state index is 0.182. The Labute approximate surface area is 192 Å². The Morgan fingerprint density at radius 1 is 0.970 bits per heavy atom. The first-order valence-electron chi connectivity index (χ1n) is 10.1. The lowest BCUT2D eigenvalue weighted by Gasteiger charge is -2.24. The molecule has 10 heteroatoms. The van der Waals surface area contributed by atoms with Crippen LogP contribution in [0.15, 0.2) is 82.8 Å². The molecule has 1 aliphatic rings. The molecule has 1 N–H and O–H groups in total. The van der Waals surface area contributed by atoms with E-state index in [9.17, 15) is 21.2 Å². The van der Waals surface area contributed by atoms with E-state index in [0.717, 1.165) is 27.9 Å². The summed E-state index contributed by atoms with van der Waals surface area (Å²) < 4.78 is 67.0. The van der Waals surface area contributed by atoms with Crippen LogP contribution in [0.3, 0.4) is 0 Å². The fraction of sp³-hybridized carbons (Fsp3) is 0.174. The highest BCUT2D eigenvalue weighted by Crippen LogP contribution is 2.38. The molecule has 0 unspecified atom stereocenters. The van der Waals surface area contributed by atoms with E-state index >= 15 is 0 Å². The predicted molar refractivity (Wildman–Crippen MR) is 125 cm³/mol. The molecule has 0 bridgehead atoms. The lowest BCUT2D eigenvalue weighted by atomic mass is 9.96. The minimum Gasteiger partial charge on any atom is -0.284 e. The first-order chi connectivity index (χ1) is 15.5.